The van der Waals surface area contributed by atoms with Crippen molar-refractivity contribution in [2.24, 2.45) is 11.7 Å². The van der Waals surface area contributed by atoms with E-state index in [1.165, 1.54) is 24.0 Å². The lowest BCUT2D eigenvalue weighted by Crippen LogP contribution is -2.33. The van der Waals surface area contributed by atoms with E-state index in [0.717, 1.165) is 19.0 Å². The van der Waals surface area contributed by atoms with E-state index < -0.39 is 0 Å². The lowest BCUT2D eigenvalue weighted by atomic mass is 10.1. The van der Waals surface area contributed by atoms with Crippen LogP contribution in [0.1, 0.15) is 41.3 Å². The number of amides is 1. The number of hydrogen-bond acceptors (Lipinski definition) is 2. The van der Waals surface area contributed by atoms with E-state index in [9.17, 15) is 4.79 Å². The topological polar surface area (TPSA) is 46.3 Å². The Labute approximate surface area is 138 Å². The number of carbonyl (C=O) groups excluding carboxylic acids is 1. The molecule has 1 aliphatic rings. The number of primary amides is 1. The van der Waals surface area contributed by atoms with Gasteiger partial charge in [-0.1, -0.05) is 42.5 Å². The molecule has 23 heavy (non-hydrogen) atoms. The van der Waals surface area contributed by atoms with Gasteiger partial charge < -0.3 is 5.73 Å². The highest BCUT2D eigenvalue weighted by Gasteiger charge is 2.31. The molecular weight excluding hydrogens is 284 g/mol. The lowest BCUT2D eigenvalue weighted by Gasteiger charge is -2.29. The molecule has 1 fully saturated rings. The van der Waals surface area contributed by atoms with Crippen LogP contribution in [0.2, 0.25) is 0 Å². The van der Waals surface area contributed by atoms with Gasteiger partial charge >= 0.3 is 0 Å². The summed E-state index contributed by atoms with van der Waals surface area (Å²) >= 11 is 0. The average molecular weight is 308 g/mol. The van der Waals surface area contributed by atoms with Crippen LogP contribution in [0.3, 0.4) is 0 Å². The van der Waals surface area contributed by atoms with Crippen molar-refractivity contribution in [1.82, 2.24) is 4.90 Å². The third kappa shape index (κ3) is 4.20. The maximum absolute atomic E-state index is 11.2. The summed E-state index contributed by atoms with van der Waals surface area (Å²) in [4.78, 5) is 13.7. The fourth-order valence-corrected chi connectivity index (χ4v) is 3.05. The first-order chi connectivity index (χ1) is 11.1. The predicted molar refractivity (Wildman–Crippen MR) is 92.8 cm³/mol. The zero-order chi connectivity index (χ0) is 16.2. The van der Waals surface area contributed by atoms with Crippen LogP contribution >= 0.6 is 0 Å². The molecule has 1 aliphatic carbocycles. The van der Waals surface area contributed by atoms with E-state index in [2.05, 4.69) is 42.2 Å². The van der Waals surface area contributed by atoms with Crippen molar-refractivity contribution in [2.45, 2.75) is 38.9 Å². The summed E-state index contributed by atoms with van der Waals surface area (Å²) in [6.45, 7) is 4.18. The molecule has 1 saturated carbocycles. The molecule has 2 N–H and O–H groups in total. The zero-order valence-electron chi connectivity index (χ0n) is 13.6. The second kappa shape index (κ2) is 6.97. The molecule has 0 spiro atoms. The highest BCUT2D eigenvalue weighted by atomic mass is 16.1. The fourth-order valence-electron chi connectivity index (χ4n) is 3.05. The molecule has 120 valence electrons. The first-order valence-corrected chi connectivity index (χ1v) is 8.30. The van der Waals surface area contributed by atoms with E-state index in [0.29, 0.717) is 11.6 Å². The average Bonchev–Trinajstić information content (AvgIpc) is 3.40. The van der Waals surface area contributed by atoms with Crippen molar-refractivity contribution >= 4 is 5.91 Å². The van der Waals surface area contributed by atoms with Gasteiger partial charge in [-0.15, -0.1) is 0 Å². The Morgan fingerprint density at radius 1 is 1.04 bits per heavy atom. The second-order valence-electron chi connectivity index (χ2n) is 6.53. The molecule has 2 aromatic carbocycles. The van der Waals surface area contributed by atoms with Gasteiger partial charge in [0.25, 0.3) is 0 Å². The van der Waals surface area contributed by atoms with Gasteiger partial charge in [-0.25, -0.2) is 0 Å². The summed E-state index contributed by atoms with van der Waals surface area (Å²) in [6.07, 6.45) is 2.68. The van der Waals surface area contributed by atoms with Crippen LogP contribution in [0.4, 0.5) is 0 Å². The lowest BCUT2D eigenvalue weighted by molar-refractivity contribution is 0.1000. The number of hydrogen-bond donors (Lipinski definition) is 1. The summed E-state index contributed by atoms with van der Waals surface area (Å²) in [5.41, 5.74) is 8.44. The van der Waals surface area contributed by atoms with Gasteiger partial charge in [0, 0.05) is 24.7 Å². The van der Waals surface area contributed by atoms with Crippen LogP contribution in [0.5, 0.6) is 0 Å². The zero-order valence-corrected chi connectivity index (χ0v) is 13.6. The first-order valence-electron chi connectivity index (χ1n) is 8.30. The molecule has 0 saturated heterocycles. The van der Waals surface area contributed by atoms with Crippen molar-refractivity contribution in [2.75, 3.05) is 0 Å². The van der Waals surface area contributed by atoms with Crippen LogP contribution in [0.25, 0.3) is 0 Å². The normalized spacial score (nSPS) is 15.6. The fraction of sp³-hybridized carbons (Fsp3) is 0.350. The highest BCUT2D eigenvalue weighted by molar-refractivity contribution is 5.92. The minimum absolute atomic E-state index is 0.371. The largest absolute Gasteiger partial charge is 0.366 e. The van der Waals surface area contributed by atoms with E-state index >= 15 is 0 Å². The molecule has 2 aromatic rings. The Kier molecular flexibility index (Phi) is 4.77. The second-order valence-corrected chi connectivity index (χ2v) is 6.53. The van der Waals surface area contributed by atoms with Gasteiger partial charge in [0.05, 0.1) is 0 Å². The third-order valence-corrected chi connectivity index (χ3v) is 4.73. The standard InChI is InChI=1S/C20H24N2O/c1-15(18-11-12-18)22(13-16-5-3-2-4-6-16)14-17-7-9-19(10-8-17)20(21)23/h2-10,15,18H,11-14H2,1H3,(H2,21,23). The van der Waals surface area contributed by atoms with Crippen LogP contribution < -0.4 is 5.73 Å². The molecule has 0 heterocycles. The smallest absolute Gasteiger partial charge is 0.248 e. The molecule has 0 radical (unpaired) electrons. The molecule has 0 aromatic heterocycles. The molecule has 1 atom stereocenters. The van der Waals surface area contributed by atoms with Crippen LogP contribution in [0.15, 0.2) is 54.6 Å². The summed E-state index contributed by atoms with van der Waals surface area (Å²) in [6, 6.07) is 18.8. The molecule has 0 bridgehead atoms. The number of nitrogens with zero attached hydrogens (tertiary/aromatic N) is 1. The van der Waals surface area contributed by atoms with Crippen molar-refractivity contribution in [1.29, 1.82) is 0 Å². The molecule has 3 heteroatoms. The Morgan fingerprint density at radius 2 is 1.61 bits per heavy atom. The first kappa shape index (κ1) is 15.8. The summed E-state index contributed by atoms with van der Waals surface area (Å²) in [5.74, 6) is 0.452. The van der Waals surface area contributed by atoms with Gasteiger partial charge in [0.15, 0.2) is 0 Å². The summed E-state index contributed by atoms with van der Waals surface area (Å²) in [5, 5.41) is 0. The number of nitrogens with two attached hydrogens (primary N) is 1. The van der Waals surface area contributed by atoms with Crippen molar-refractivity contribution in [3.05, 3.63) is 71.3 Å². The minimum Gasteiger partial charge on any atom is -0.366 e. The molecule has 3 nitrogen and oxygen atoms in total. The Hall–Kier alpha value is -2.13. The van der Waals surface area contributed by atoms with E-state index in [1.54, 1.807) is 0 Å². The van der Waals surface area contributed by atoms with Gasteiger partial charge in [0.1, 0.15) is 0 Å². The molecule has 0 aliphatic heterocycles. The van der Waals surface area contributed by atoms with Crippen molar-refractivity contribution in [3.8, 4) is 0 Å². The van der Waals surface area contributed by atoms with Gasteiger partial charge in [-0.3, -0.25) is 9.69 Å². The maximum Gasteiger partial charge on any atom is 0.248 e. The Balaban J connectivity index is 1.73. The van der Waals surface area contributed by atoms with Crippen LogP contribution in [-0.4, -0.2) is 16.8 Å². The minimum atomic E-state index is -0.371. The van der Waals surface area contributed by atoms with Gasteiger partial charge in [-0.05, 0) is 48.9 Å². The van der Waals surface area contributed by atoms with Gasteiger partial charge in [-0.2, -0.15) is 0 Å². The summed E-state index contributed by atoms with van der Waals surface area (Å²) < 4.78 is 0. The van der Waals surface area contributed by atoms with Crippen molar-refractivity contribution < 1.29 is 4.79 Å². The van der Waals surface area contributed by atoms with Crippen LogP contribution in [-0.2, 0) is 13.1 Å². The molecular formula is C20H24N2O. The Bertz CT molecular complexity index is 647. The summed E-state index contributed by atoms with van der Waals surface area (Å²) in [7, 11) is 0. The van der Waals surface area contributed by atoms with E-state index in [-0.39, 0.29) is 5.91 Å². The Morgan fingerprint density at radius 3 is 2.13 bits per heavy atom. The third-order valence-electron chi connectivity index (χ3n) is 4.73. The number of rotatable bonds is 7. The number of carbonyl (C=O) groups is 1. The van der Waals surface area contributed by atoms with Gasteiger partial charge in [0.2, 0.25) is 5.91 Å². The molecule has 1 amide bonds. The maximum atomic E-state index is 11.2. The van der Waals surface area contributed by atoms with E-state index in [4.69, 9.17) is 5.73 Å². The predicted octanol–water partition coefficient (Wildman–Crippen LogP) is 3.59. The number of benzene rings is 2. The highest BCUT2D eigenvalue weighted by Crippen LogP contribution is 2.36. The van der Waals surface area contributed by atoms with E-state index in [1.807, 2.05) is 24.3 Å². The quantitative estimate of drug-likeness (QED) is 0.849. The molecule has 1 unspecified atom stereocenters. The van der Waals surface area contributed by atoms with Crippen molar-refractivity contribution in [3.63, 3.8) is 0 Å². The molecule has 3 rings (SSSR count). The SMILES string of the molecule is CC(C1CC1)N(Cc1ccccc1)Cc1ccc(C(N)=O)cc1. The monoisotopic (exact) mass is 308 g/mol. The van der Waals surface area contributed by atoms with Crippen LogP contribution in [0, 0.1) is 5.92 Å².